The standard InChI is InChI=1S/C8H12NOSi/c1-10-11(2)8-5-3-4-7(9)6-8/h3-6H,9H2,1-2H3. The zero-order valence-electron chi connectivity index (χ0n) is 6.79. The Morgan fingerprint density at radius 3 is 2.73 bits per heavy atom. The lowest BCUT2D eigenvalue weighted by Crippen LogP contribution is -2.28. The Labute approximate surface area is 68.7 Å². The molecule has 1 rings (SSSR count). The number of benzene rings is 1. The SMILES string of the molecule is CO[Si](C)c1cccc(N)c1. The van der Waals surface area contributed by atoms with Crippen LogP contribution in [0, 0.1) is 0 Å². The summed E-state index contributed by atoms with van der Waals surface area (Å²) < 4.78 is 5.24. The molecule has 0 aromatic heterocycles. The van der Waals surface area contributed by atoms with E-state index in [-0.39, 0.29) is 0 Å². The molecule has 2 N–H and O–H groups in total. The largest absolute Gasteiger partial charge is 0.415 e. The lowest BCUT2D eigenvalue weighted by molar-refractivity contribution is 0.434. The molecule has 0 fully saturated rings. The maximum Gasteiger partial charge on any atom is 0.243 e. The van der Waals surface area contributed by atoms with Gasteiger partial charge in [0.25, 0.3) is 0 Å². The molecule has 0 spiro atoms. The second kappa shape index (κ2) is 3.55. The second-order valence-corrected chi connectivity index (χ2v) is 4.48. The third kappa shape index (κ3) is 2.06. The minimum Gasteiger partial charge on any atom is -0.415 e. The summed E-state index contributed by atoms with van der Waals surface area (Å²) in [6, 6.07) is 7.86. The number of hydrogen-bond acceptors (Lipinski definition) is 2. The first-order valence-electron chi connectivity index (χ1n) is 3.47. The number of anilines is 1. The molecule has 0 heterocycles. The highest BCUT2D eigenvalue weighted by Crippen LogP contribution is 1.98. The van der Waals surface area contributed by atoms with Crippen LogP contribution < -0.4 is 10.9 Å². The van der Waals surface area contributed by atoms with Crippen molar-refractivity contribution in [3.05, 3.63) is 24.3 Å². The molecule has 0 saturated carbocycles. The first kappa shape index (κ1) is 8.29. The van der Waals surface area contributed by atoms with Crippen LogP contribution in [0.4, 0.5) is 5.69 Å². The third-order valence-corrected chi connectivity index (χ3v) is 3.34. The monoisotopic (exact) mass is 166 g/mol. The van der Waals surface area contributed by atoms with E-state index in [0.717, 1.165) is 5.69 Å². The van der Waals surface area contributed by atoms with Crippen molar-refractivity contribution in [2.24, 2.45) is 0 Å². The zero-order valence-corrected chi connectivity index (χ0v) is 7.79. The summed E-state index contributed by atoms with van der Waals surface area (Å²) in [5, 5.41) is 1.22. The third-order valence-electron chi connectivity index (χ3n) is 1.60. The highest BCUT2D eigenvalue weighted by molar-refractivity contribution is 6.66. The second-order valence-electron chi connectivity index (χ2n) is 2.39. The Bertz CT molecular complexity index is 239. The van der Waals surface area contributed by atoms with Crippen LogP contribution in [0.3, 0.4) is 0 Å². The van der Waals surface area contributed by atoms with Gasteiger partial charge in [0.1, 0.15) is 0 Å². The fourth-order valence-corrected chi connectivity index (χ4v) is 1.81. The molecule has 2 nitrogen and oxygen atoms in total. The number of rotatable bonds is 2. The van der Waals surface area contributed by atoms with Crippen molar-refractivity contribution in [2.75, 3.05) is 12.8 Å². The van der Waals surface area contributed by atoms with E-state index in [9.17, 15) is 0 Å². The quantitative estimate of drug-likeness (QED) is 0.519. The van der Waals surface area contributed by atoms with Crippen LogP contribution in [0.25, 0.3) is 0 Å². The van der Waals surface area contributed by atoms with Gasteiger partial charge in [0, 0.05) is 12.8 Å². The molecule has 1 aromatic rings. The van der Waals surface area contributed by atoms with Gasteiger partial charge in [-0.2, -0.15) is 0 Å². The summed E-state index contributed by atoms with van der Waals surface area (Å²) in [4.78, 5) is 0. The van der Waals surface area contributed by atoms with Gasteiger partial charge in [-0.05, 0) is 23.9 Å². The van der Waals surface area contributed by atoms with Crippen molar-refractivity contribution >= 4 is 19.9 Å². The maximum absolute atomic E-state index is 5.61. The Morgan fingerprint density at radius 2 is 2.18 bits per heavy atom. The lowest BCUT2D eigenvalue weighted by atomic mass is 10.3. The van der Waals surface area contributed by atoms with Gasteiger partial charge >= 0.3 is 0 Å². The summed E-state index contributed by atoms with van der Waals surface area (Å²) >= 11 is 0. The average molecular weight is 166 g/mol. The van der Waals surface area contributed by atoms with Gasteiger partial charge in [-0.15, -0.1) is 0 Å². The molecule has 1 aromatic carbocycles. The van der Waals surface area contributed by atoms with Crippen molar-refractivity contribution in [2.45, 2.75) is 6.55 Å². The molecule has 11 heavy (non-hydrogen) atoms. The number of hydrogen-bond donors (Lipinski definition) is 1. The summed E-state index contributed by atoms with van der Waals surface area (Å²) in [6.45, 7) is 2.10. The Hall–Kier alpha value is -0.803. The van der Waals surface area contributed by atoms with E-state index in [4.69, 9.17) is 10.2 Å². The minimum atomic E-state index is -0.809. The summed E-state index contributed by atoms with van der Waals surface area (Å²) in [7, 11) is 0.925. The number of nitrogens with two attached hydrogens (primary N) is 1. The zero-order chi connectivity index (χ0) is 8.27. The predicted molar refractivity (Wildman–Crippen MR) is 49.1 cm³/mol. The van der Waals surface area contributed by atoms with E-state index >= 15 is 0 Å². The smallest absolute Gasteiger partial charge is 0.243 e. The molecule has 0 aliphatic carbocycles. The summed E-state index contributed by atoms with van der Waals surface area (Å²) in [5.74, 6) is 0. The molecule has 59 valence electrons. The maximum atomic E-state index is 5.61. The topological polar surface area (TPSA) is 35.2 Å². The van der Waals surface area contributed by atoms with E-state index in [2.05, 4.69) is 6.55 Å². The van der Waals surface area contributed by atoms with Crippen molar-refractivity contribution < 1.29 is 4.43 Å². The summed E-state index contributed by atoms with van der Waals surface area (Å²) in [6.07, 6.45) is 0. The minimum absolute atomic E-state index is 0.809. The van der Waals surface area contributed by atoms with E-state index in [1.807, 2.05) is 24.3 Å². The van der Waals surface area contributed by atoms with Gasteiger partial charge in [-0.1, -0.05) is 12.1 Å². The molecule has 3 heteroatoms. The van der Waals surface area contributed by atoms with Gasteiger partial charge in [0.05, 0.1) is 0 Å². The van der Waals surface area contributed by atoms with E-state index in [1.54, 1.807) is 7.11 Å². The molecule has 0 amide bonds. The predicted octanol–water partition coefficient (Wildman–Crippen LogP) is 0.744. The average Bonchev–Trinajstić information content (AvgIpc) is 2.03. The van der Waals surface area contributed by atoms with Crippen LogP contribution in [0.5, 0.6) is 0 Å². The van der Waals surface area contributed by atoms with Crippen LogP contribution in [0.2, 0.25) is 6.55 Å². The normalized spacial score (nSPS) is 10.5. The molecule has 0 unspecified atom stereocenters. The first-order chi connectivity index (χ1) is 5.24. The molecule has 0 atom stereocenters. The Kier molecular flexibility index (Phi) is 2.68. The van der Waals surface area contributed by atoms with Crippen LogP contribution in [-0.4, -0.2) is 16.2 Å². The van der Waals surface area contributed by atoms with E-state index in [1.165, 1.54) is 5.19 Å². The molecule has 0 bridgehead atoms. The van der Waals surface area contributed by atoms with Crippen molar-refractivity contribution in [1.82, 2.24) is 0 Å². The van der Waals surface area contributed by atoms with E-state index < -0.39 is 9.04 Å². The van der Waals surface area contributed by atoms with Crippen LogP contribution in [0.1, 0.15) is 0 Å². The number of nitrogen functional groups attached to an aromatic ring is 1. The molecule has 1 radical (unpaired) electrons. The van der Waals surface area contributed by atoms with E-state index in [0.29, 0.717) is 0 Å². The van der Waals surface area contributed by atoms with Crippen LogP contribution in [0.15, 0.2) is 24.3 Å². The van der Waals surface area contributed by atoms with Crippen LogP contribution in [-0.2, 0) is 4.43 Å². The molecule has 0 aliphatic heterocycles. The summed E-state index contributed by atoms with van der Waals surface area (Å²) in [5.41, 5.74) is 6.42. The van der Waals surface area contributed by atoms with Gasteiger partial charge in [-0.3, -0.25) is 0 Å². The Balaban J connectivity index is 2.86. The fourth-order valence-electron chi connectivity index (χ4n) is 0.876. The van der Waals surface area contributed by atoms with Crippen molar-refractivity contribution in [1.29, 1.82) is 0 Å². The highest BCUT2D eigenvalue weighted by Gasteiger charge is 2.06. The van der Waals surface area contributed by atoms with Crippen LogP contribution >= 0.6 is 0 Å². The van der Waals surface area contributed by atoms with Gasteiger partial charge in [-0.25, -0.2) is 0 Å². The molecule has 0 saturated heterocycles. The first-order valence-corrected chi connectivity index (χ1v) is 5.38. The molecular weight excluding hydrogens is 154 g/mol. The Morgan fingerprint density at radius 1 is 1.45 bits per heavy atom. The lowest BCUT2D eigenvalue weighted by Gasteiger charge is -2.06. The van der Waals surface area contributed by atoms with Gasteiger partial charge in [0.2, 0.25) is 9.04 Å². The molecular formula is C8H12NOSi. The van der Waals surface area contributed by atoms with Crippen molar-refractivity contribution in [3.63, 3.8) is 0 Å². The highest BCUT2D eigenvalue weighted by atomic mass is 28.3. The van der Waals surface area contributed by atoms with Crippen molar-refractivity contribution in [3.8, 4) is 0 Å². The molecule has 0 aliphatic rings. The van der Waals surface area contributed by atoms with Gasteiger partial charge in [0.15, 0.2) is 0 Å². The van der Waals surface area contributed by atoms with Gasteiger partial charge < -0.3 is 10.2 Å². The fraction of sp³-hybridized carbons (Fsp3) is 0.250.